The Hall–Kier alpha value is -2.60. The van der Waals surface area contributed by atoms with Gasteiger partial charge < -0.3 is 0 Å². The number of benzene rings is 1. The molecule has 0 spiro atoms. The summed E-state index contributed by atoms with van der Waals surface area (Å²) in [6, 6.07) is 5.85. The predicted octanol–water partition coefficient (Wildman–Crippen LogP) is 3.78. The molecule has 23 heavy (non-hydrogen) atoms. The molecule has 0 saturated carbocycles. The van der Waals surface area contributed by atoms with Gasteiger partial charge in [-0.3, -0.25) is 10.1 Å². The molecule has 3 rings (SSSR count). The van der Waals surface area contributed by atoms with E-state index in [1.807, 2.05) is 5.38 Å². The highest BCUT2D eigenvalue weighted by Gasteiger charge is 2.13. The molecule has 0 radical (unpaired) electrons. The molecule has 0 aliphatic carbocycles. The summed E-state index contributed by atoms with van der Waals surface area (Å²) >= 11 is 1.40. The minimum absolute atomic E-state index is 0.286. The molecule has 5 nitrogen and oxygen atoms in total. The molecule has 116 valence electrons. The van der Waals surface area contributed by atoms with Gasteiger partial charge in [-0.15, -0.1) is 11.3 Å². The van der Waals surface area contributed by atoms with Crippen molar-refractivity contribution in [3.05, 3.63) is 58.5 Å². The van der Waals surface area contributed by atoms with Gasteiger partial charge in [0.1, 0.15) is 12.0 Å². The lowest BCUT2D eigenvalue weighted by Crippen LogP contribution is -2.13. The zero-order chi connectivity index (χ0) is 16.4. The zero-order valence-corrected chi connectivity index (χ0v) is 13.9. The summed E-state index contributed by atoms with van der Waals surface area (Å²) in [7, 11) is 0. The van der Waals surface area contributed by atoms with Crippen LogP contribution in [0.3, 0.4) is 0 Å². The molecule has 0 unspecified atom stereocenters. The molecule has 1 aromatic carbocycles. The third kappa shape index (κ3) is 3.27. The van der Waals surface area contributed by atoms with Gasteiger partial charge in [-0.2, -0.15) is 0 Å². The van der Waals surface area contributed by atoms with Crippen molar-refractivity contribution in [2.24, 2.45) is 0 Å². The van der Waals surface area contributed by atoms with Crippen LogP contribution in [0.4, 0.5) is 5.13 Å². The lowest BCUT2D eigenvalue weighted by atomic mass is 9.98. The van der Waals surface area contributed by atoms with Crippen LogP contribution in [-0.2, 0) is 0 Å². The summed E-state index contributed by atoms with van der Waals surface area (Å²) in [5.41, 5.74) is 5.91. The highest BCUT2D eigenvalue weighted by atomic mass is 32.1. The van der Waals surface area contributed by atoms with Crippen molar-refractivity contribution in [1.29, 1.82) is 0 Å². The highest BCUT2D eigenvalue weighted by Crippen LogP contribution is 2.31. The van der Waals surface area contributed by atoms with Gasteiger partial charge in [0.15, 0.2) is 5.13 Å². The third-order valence-corrected chi connectivity index (χ3v) is 4.23. The number of amides is 1. The van der Waals surface area contributed by atoms with Crippen LogP contribution in [0.1, 0.15) is 27.2 Å². The Morgan fingerprint density at radius 1 is 1.17 bits per heavy atom. The van der Waals surface area contributed by atoms with Gasteiger partial charge in [-0.1, -0.05) is 17.7 Å². The molecule has 0 aliphatic rings. The number of thiazole rings is 1. The maximum atomic E-state index is 12.1. The minimum Gasteiger partial charge on any atom is -0.296 e. The summed E-state index contributed by atoms with van der Waals surface area (Å²) in [5.74, 6) is -0.286. The molecule has 3 aromatic rings. The number of hydrogen-bond donors (Lipinski definition) is 1. The number of nitrogens with zero attached hydrogens (tertiary/aromatic N) is 3. The number of carbonyl (C=O) groups is 1. The van der Waals surface area contributed by atoms with Crippen molar-refractivity contribution < 1.29 is 4.79 Å². The quantitative estimate of drug-likeness (QED) is 0.796. The number of anilines is 1. The summed E-state index contributed by atoms with van der Waals surface area (Å²) < 4.78 is 0. The Kier molecular flexibility index (Phi) is 4.16. The van der Waals surface area contributed by atoms with Gasteiger partial charge >= 0.3 is 0 Å². The Labute approximate surface area is 138 Å². The molecule has 0 saturated heterocycles. The van der Waals surface area contributed by atoms with Crippen molar-refractivity contribution in [1.82, 2.24) is 15.0 Å². The molecule has 2 aromatic heterocycles. The monoisotopic (exact) mass is 324 g/mol. The fourth-order valence-electron chi connectivity index (χ4n) is 2.62. The van der Waals surface area contributed by atoms with E-state index in [1.165, 1.54) is 40.6 Å². The maximum absolute atomic E-state index is 12.1. The van der Waals surface area contributed by atoms with Gasteiger partial charge in [0.25, 0.3) is 5.91 Å². The molecule has 1 N–H and O–H groups in total. The van der Waals surface area contributed by atoms with Crippen LogP contribution < -0.4 is 5.32 Å². The van der Waals surface area contributed by atoms with E-state index < -0.39 is 0 Å². The number of rotatable bonds is 3. The fraction of sp³-hybridized carbons (Fsp3) is 0.176. The van der Waals surface area contributed by atoms with Crippen LogP contribution in [-0.4, -0.2) is 20.9 Å². The zero-order valence-electron chi connectivity index (χ0n) is 13.1. The standard InChI is InChI=1S/C17H16N4OS/c1-10-6-11(2)15(12(3)7-10)14-8-23-17(20-14)21-16(22)13-4-5-18-9-19-13/h4-9H,1-3H3,(H,20,21,22). The average Bonchev–Trinajstić information content (AvgIpc) is 2.95. The van der Waals surface area contributed by atoms with Crippen LogP contribution in [0, 0.1) is 20.8 Å². The van der Waals surface area contributed by atoms with E-state index in [-0.39, 0.29) is 5.91 Å². The lowest BCUT2D eigenvalue weighted by molar-refractivity contribution is 0.102. The summed E-state index contributed by atoms with van der Waals surface area (Å²) in [5, 5.41) is 5.29. The first-order chi connectivity index (χ1) is 11.0. The molecule has 0 fully saturated rings. The van der Waals surface area contributed by atoms with E-state index in [4.69, 9.17) is 0 Å². The van der Waals surface area contributed by atoms with Crippen LogP contribution in [0.2, 0.25) is 0 Å². The van der Waals surface area contributed by atoms with Crippen LogP contribution in [0.15, 0.2) is 36.1 Å². The lowest BCUT2D eigenvalue weighted by Gasteiger charge is -2.08. The second-order valence-corrected chi connectivity index (χ2v) is 6.22. The molecule has 0 atom stereocenters. The highest BCUT2D eigenvalue weighted by molar-refractivity contribution is 7.14. The van der Waals surface area contributed by atoms with Crippen LogP contribution in [0.25, 0.3) is 11.3 Å². The molecular weight excluding hydrogens is 308 g/mol. The maximum Gasteiger partial charge on any atom is 0.276 e. The number of nitrogens with one attached hydrogen (secondary N) is 1. The molecule has 1 amide bonds. The Morgan fingerprint density at radius 3 is 2.57 bits per heavy atom. The van der Waals surface area contributed by atoms with Gasteiger partial charge in [0.05, 0.1) is 5.69 Å². The Balaban J connectivity index is 1.86. The fourth-order valence-corrected chi connectivity index (χ4v) is 3.31. The largest absolute Gasteiger partial charge is 0.296 e. The van der Waals surface area contributed by atoms with Crippen molar-refractivity contribution >= 4 is 22.4 Å². The van der Waals surface area contributed by atoms with E-state index >= 15 is 0 Å². The van der Waals surface area contributed by atoms with E-state index in [0.29, 0.717) is 10.8 Å². The van der Waals surface area contributed by atoms with Gasteiger partial charge in [0.2, 0.25) is 0 Å². The summed E-state index contributed by atoms with van der Waals surface area (Å²) in [4.78, 5) is 24.4. The second kappa shape index (κ2) is 6.26. The predicted molar refractivity (Wildman–Crippen MR) is 91.7 cm³/mol. The second-order valence-electron chi connectivity index (χ2n) is 5.36. The normalized spacial score (nSPS) is 10.6. The molecule has 2 heterocycles. The average molecular weight is 324 g/mol. The number of carbonyl (C=O) groups excluding carboxylic acids is 1. The first kappa shape index (κ1) is 15.3. The number of aromatic nitrogens is 3. The SMILES string of the molecule is Cc1cc(C)c(-c2csc(NC(=O)c3ccncn3)n2)c(C)c1. The number of aryl methyl sites for hydroxylation is 3. The molecule has 6 heteroatoms. The van der Waals surface area contributed by atoms with Crippen molar-refractivity contribution in [3.8, 4) is 11.3 Å². The summed E-state index contributed by atoms with van der Waals surface area (Å²) in [6.07, 6.45) is 2.88. The Bertz CT molecular complexity index is 835. The third-order valence-electron chi connectivity index (χ3n) is 3.47. The number of hydrogen-bond acceptors (Lipinski definition) is 5. The minimum atomic E-state index is -0.286. The summed E-state index contributed by atoms with van der Waals surface area (Å²) in [6.45, 7) is 6.24. The first-order valence-electron chi connectivity index (χ1n) is 7.15. The Morgan fingerprint density at radius 2 is 1.91 bits per heavy atom. The topological polar surface area (TPSA) is 67.8 Å². The van der Waals surface area contributed by atoms with Crippen molar-refractivity contribution in [2.45, 2.75) is 20.8 Å². The van der Waals surface area contributed by atoms with E-state index in [1.54, 1.807) is 6.07 Å². The van der Waals surface area contributed by atoms with E-state index in [0.717, 1.165) is 11.3 Å². The van der Waals surface area contributed by atoms with E-state index in [9.17, 15) is 4.79 Å². The van der Waals surface area contributed by atoms with E-state index in [2.05, 4.69) is 53.2 Å². The van der Waals surface area contributed by atoms with Crippen molar-refractivity contribution in [3.63, 3.8) is 0 Å². The first-order valence-corrected chi connectivity index (χ1v) is 8.03. The molecule has 0 bridgehead atoms. The van der Waals surface area contributed by atoms with Crippen LogP contribution >= 0.6 is 11.3 Å². The van der Waals surface area contributed by atoms with Gasteiger partial charge in [0, 0.05) is 17.1 Å². The smallest absolute Gasteiger partial charge is 0.276 e. The van der Waals surface area contributed by atoms with Crippen LogP contribution in [0.5, 0.6) is 0 Å². The van der Waals surface area contributed by atoms with Gasteiger partial charge in [-0.05, 0) is 38.0 Å². The van der Waals surface area contributed by atoms with Gasteiger partial charge in [-0.25, -0.2) is 15.0 Å². The van der Waals surface area contributed by atoms with Crippen molar-refractivity contribution in [2.75, 3.05) is 5.32 Å². The molecule has 0 aliphatic heterocycles. The molecular formula is C17H16N4OS.